The Morgan fingerprint density at radius 1 is 1.42 bits per heavy atom. The van der Waals surface area contributed by atoms with E-state index in [9.17, 15) is 4.79 Å². The van der Waals surface area contributed by atoms with Crippen LogP contribution in [-0.2, 0) is 11.2 Å². The molecule has 1 amide bonds. The van der Waals surface area contributed by atoms with Crippen LogP contribution >= 0.6 is 0 Å². The standard InChI is InChI=1S/C17H19N5O4/c1-9-14(16(18)24)15(10-4-5-11-12(7-10)26-8-25-11)22-17(19-9)20-13(21-22)3-2-6-23/h4-5,7,15,23H,2-3,6,8H2,1H3,(H2,18,24)(H,19,20,21). The number of benzene rings is 1. The van der Waals surface area contributed by atoms with Crippen molar-refractivity contribution in [2.75, 3.05) is 18.7 Å². The molecule has 0 saturated heterocycles. The van der Waals surface area contributed by atoms with Gasteiger partial charge >= 0.3 is 0 Å². The lowest BCUT2D eigenvalue weighted by atomic mass is 9.95. The van der Waals surface area contributed by atoms with E-state index in [4.69, 9.17) is 20.3 Å². The zero-order valence-electron chi connectivity index (χ0n) is 14.2. The summed E-state index contributed by atoms with van der Waals surface area (Å²) in [4.78, 5) is 16.6. The van der Waals surface area contributed by atoms with Crippen LogP contribution in [0.25, 0.3) is 0 Å². The molecule has 3 heterocycles. The molecule has 2 aromatic rings. The monoisotopic (exact) mass is 357 g/mol. The van der Waals surface area contributed by atoms with Gasteiger partial charge in [0, 0.05) is 18.7 Å². The molecule has 0 saturated carbocycles. The molecule has 0 spiro atoms. The lowest BCUT2D eigenvalue weighted by Gasteiger charge is -2.27. The van der Waals surface area contributed by atoms with Gasteiger partial charge in [-0.05, 0) is 31.0 Å². The normalized spacial score (nSPS) is 17.8. The number of nitrogens with one attached hydrogen (secondary N) is 1. The lowest BCUT2D eigenvalue weighted by molar-refractivity contribution is -0.115. The number of aromatic nitrogens is 3. The zero-order valence-corrected chi connectivity index (χ0v) is 14.2. The van der Waals surface area contributed by atoms with E-state index in [1.165, 1.54) is 0 Å². The first-order chi connectivity index (χ1) is 12.6. The van der Waals surface area contributed by atoms with Crippen molar-refractivity contribution in [3.05, 3.63) is 40.9 Å². The summed E-state index contributed by atoms with van der Waals surface area (Å²) in [6, 6.07) is 4.97. The highest BCUT2D eigenvalue weighted by Crippen LogP contribution is 2.40. The highest BCUT2D eigenvalue weighted by atomic mass is 16.7. The predicted molar refractivity (Wildman–Crippen MR) is 91.6 cm³/mol. The third-order valence-corrected chi connectivity index (χ3v) is 4.43. The molecular weight excluding hydrogens is 338 g/mol. The fraction of sp³-hybridized carbons (Fsp3) is 0.353. The van der Waals surface area contributed by atoms with Gasteiger partial charge in [0.2, 0.25) is 18.6 Å². The van der Waals surface area contributed by atoms with Gasteiger partial charge < -0.3 is 25.6 Å². The summed E-state index contributed by atoms with van der Waals surface area (Å²) < 4.78 is 12.5. The minimum absolute atomic E-state index is 0.0622. The van der Waals surface area contributed by atoms with Gasteiger partial charge in [-0.25, -0.2) is 4.68 Å². The molecule has 4 rings (SSSR count). The first-order valence-electron chi connectivity index (χ1n) is 8.32. The van der Waals surface area contributed by atoms with Gasteiger partial charge in [0.25, 0.3) is 0 Å². The van der Waals surface area contributed by atoms with Crippen LogP contribution in [0.5, 0.6) is 11.5 Å². The minimum atomic E-state index is -0.532. The molecule has 2 aliphatic heterocycles. The van der Waals surface area contributed by atoms with Crippen LogP contribution in [0, 0.1) is 0 Å². The molecule has 9 heteroatoms. The van der Waals surface area contributed by atoms with E-state index in [1.807, 2.05) is 12.1 Å². The Morgan fingerprint density at radius 3 is 3.00 bits per heavy atom. The third-order valence-electron chi connectivity index (χ3n) is 4.43. The molecule has 0 bridgehead atoms. The molecular formula is C17H19N5O4. The molecule has 1 aromatic heterocycles. The van der Waals surface area contributed by atoms with Crippen LogP contribution in [0.15, 0.2) is 29.5 Å². The topological polar surface area (TPSA) is 125 Å². The Bertz CT molecular complexity index is 905. The second-order valence-electron chi connectivity index (χ2n) is 6.17. The molecule has 2 aliphatic rings. The number of carbonyl (C=O) groups is 1. The van der Waals surface area contributed by atoms with Crippen LogP contribution in [0.4, 0.5) is 5.95 Å². The van der Waals surface area contributed by atoms with Crippen LogP contribution < -0.4 is 20.5 Å². The molecule has 1 aromatic carbocycles. The molecule has 9 nitrogen and oxygen atoms in total. The number of allylic oxidation sites excluding steroid dienone is 1. The molecule has 0 aliphatic carbocycles. The smallest absolute Gasteiger partial charge is 0.248 e. The summed E-state index contributed by atoms with van der Waals surface area (Å²) in [6.07, 6.45) is 1.10. The molecule has 1 unspecified atom stereocenters. The van der Waals surface area contributed by atoms with Crippen molar-refractivity contribution >= 4 is 11.9 Å². The second-order valence-corrected chi connectivity index (χ2v) is 6.17. The number of amides is 1. The first-order valence-corrected chi connectivity index (χ1v) is 8.32. The van der Waals surface area contributed by atoms with E-state index >= 15 is 0 Å². The Labute approximate surface area is 149 Å². The average Bonchev–Trinajstić information content (AvgIpc) is 3.23. The van der Waals surface area contributed by atoms with Crippen molar-refractivity contribution in [3.63, 3.8) is 0 Å². The van der Waals surface area contributed by atoms with Crippen molar-refractivity contribution in [3.8, 4) is 11.5 Å². The summed E-state index contributed by atoms with van der Waals surface area (Å²) in [5.74, 6) is 1.86. The van der Waals surface area contributed by atoms with E-state index in [2.05, 4.69) is 15.4 Å². The first kappa shape index (κ1) is 16.4. The van der Waals surface area contributed by atoms with Gasteiger partial charge in [-0.3, -0.25) is 4.79 Å². The molecule has 1 atom stereocenters. The van der Waals surface area contributed by atoms with Gasteiger partial charge in [-0.1, -0.05) is 6.07 Å². The Hall–Kier alpha value is -3.07. The largest absolute Gasteiger partial charge is 0.454 e. The quantitative estimate of drug-likeness (QED) is 0.719. The van der Waals surface area contributed by atoms with Gasteiger partial charge in [0.05, 0.1) is 5.57 Å². The number of carbonyl (C=O) groups excluding carboxylic acids is 1. The molecule has 0 fully saturated rings. The summed E-state index contributed by atoms with van der Waals surface area (Å²) in [7, 11) is 0. The van der Waals surface area contributed by atoms with Gasteiger partial charge in [-0.2, -0.15) is 10.1 Å². The molecule has 4 N–H and O–H groups in total. The number of nitrogens with zero attached hydrogens (tertiary/aromatic N) is 3. The second kappa shape index (κ2) is 6.34. The van der Waals surface area contributed by atoms with E-state index in [0.29, 0.717) is 47.4 Å². The third kappa shape index (κ3) is 2.66. The molecule has 0 radical (unpaired) electrons. The van der Waals surface area contributed by atoms with E-state index in [0.717, 1.165) is 5.56 Å². The van der Waals surface area contributed by atoms with Crippen molar-refractivity contribution in [2.45, 2.75) is 25.8 Å². The number of hydrogen-bond acceptors (Lipinski definition) is 7. The van der Waals surface area contributed by atoms with Gasteiger partial charge in [0.1, 0.15) is 6.04 Å². The van der Waals surface area contributed by atoms with E-state index in [-0.39, 0.29) is 13.4 Å². The fourth-order valence-electron chi connectivity index (χ4n) is 3.25. The maximum absolute atomic E-state index is 12.1. The molecule has 26 heavy (non-hydrogen) atoms. The number of nitrogens with two attached hydrogens (primary N) is 1. The van der Waals surface area contributed by atoms with Crippen molar-refractivity contribution in [1.29, 1.82) is 0 Å². The predicted octanol–water partition coefficient (Wildman–Crippen LogP) is 0.706. The molecule has 136 valence electrons. The SMILES string of the molecule is CC1=C(C(N)=O)C(c2ccc3c(c2)OCO3)n2nc(CCCO)nc2N1. The van der Waals surface area contributed by atoms with Gasteiger partial charge in [0.15, 0.2) is 17.3 Å². The number of aliphatic hydroxyl groups excluding tert-OH is 1. The summed E-state index contributed by atoms with van der Waals surface area (Å²) in [6.45, 7) is 2.01. The van der Waals surface area contributed by atoms with Gasteiger partial charge in [-0.15, -0.1) is 0 Å². The van der Waals surface area contributed by atoms with Crippen LogP contribution in [-0.4, -0.2) is 39.2 Å². The maximum Gasteiger partial charge on any atom is 0.248 e. The number of hydrogen-bond donors (Lipinski definition) is 3. The zero-order chi connectivity index (χ0) is 18.3. The Morgan fingerprint density at radius 2 is 2.23 bits per heavy atom. The number of anilines is 1. The minimum Gasteiger partial charge on any atom is -0.454 e. The van der Waals surface area contributed by atoms with Crippen LogP contribution in [0.2, 0.25) is 0 Å². The van der Waals surface area contributed by atoms with E-state index < -0.39 is 11.9 Å². The van der Waals surface area contributed by atoms with E-state index in [1.54, 1.807) is 17.7 Å². The summed E-state index contributed by atoms with van der Waals surface area (Å²) in [5.41, 5.74) is 7.50. The summed E-state index contributed by atoms with van der Waals surface area (Å²) >= 11 is 0. The number of aliphatic hydroxyl groups is 1. The number of fused-ring (bicyclic) bond motifs is 2. The number of primary amides is 1. The highest BCUT2D eigenvalue weighted by molar-refractivity contribution is 5.95. The highest BCUT2D eigenvalue weighted by Gasteiger charge is 2.34. The van der Waals surface area contributed by atoms with Crippen LogP contribution in [0.3, 0.4) is 0 Å². The average molecular weight is 357 g/mol. The number of rotatable bonds is 5. The number of aryl methyl sites for hydroxylation is 1. The fourth-order valence-corrected chi connectivity index (χ4v) is 3.25. The summed E-state index contributed by atoms with van der Waals surface area (Å²) in [5, 5.41) is 16.6. The number of ether oxygens (including phenoxy) is 2. The van der Waals surface area contributed by atoms with Crippen molar-refractivity contribution < 1.29 is 19.4 Å². The Kier molecular flexibility index (Phi) is 4.00. The lowest BCUT2D eigenvalue weighted by Crippen LogP contribution is -2.31. The van der Waals surface area contributed by atoms with Crippen LogP contribution in [0.1, 0.15) is 30.8 Å². The van der Waals surface area contributed by atoms with Crippen molar-refractivity contribution in [2.24, 2.45) is 5.73 Å². The van der Waals surface area contributed by atoms with Crippen molar-refractivity contribution in [1.82, 2.24) is 14.8 Å². The maximum atomic E-state index is 12.1. The Balaban J connectivity index is 1.81.